The first-order chi connectivity index (χ1) is 8.71. The second-order valence-electron chi connectivity index (χ2n) is 3.59. The van der Waals surface area contributed by atoms with E-state index in [1.807, 2.05) is 0 Å². The Hall–Kier alpha value is -1.76. The van der Waals surface area contributed by atoms with E-state index in [2.05, 4.69) is 5.32 Å². The summed E-state index contributed by atoms with van der Waals surface area (Å²) in [5, 5.41) is 10.3. The third kappa shape index (κ3) is 4.44. The van der Waals surface area contributed by atoms with Crippen molar-refractivity contribution < 1.29 is 27.9 Å². The molecule has 1 rings (SSSR count). The lowest BCUT2D eigenvalue weighted by molar-refractivity contribution is -0.138. The van der Waals surface area contributed by atoms with Crippen molar-refractivity contribution >= 4 is 23.5 Å². The molecule has 1 amide bonds. The summed E-state index contributed by atoms with van der Waals surface area (Å²) in [4.78, 5) is 21.8. The molecule has 0 aliphatic carbocycles. The number of aliphatic carboxylic acids is 1. The Bertz CT molecular complexity index is 502. The number of benzene rings is 1. The first kappa shape index (κ1) is 15.3. The molecule has 1 aromatic carbocycles. The van der Waals surface area contributed by atoms with Crippen LogP contribution in [0.5, 0.6) is 0 Å². The van der Waals surface area contributed by atoms with E-state index in [0.29, 0.717) is 6.07 Å². The van der Waals surface area contributed by atoms with Crippen molar-refractivity contribution in [3.63, 3.8) is 0 Å². The van der Waals surface area contributed by atoms with Gasteiger partial charge >= 0.3 is 12.1 Å². The normalized spacial score (nSPS) is 11.2. The van der Waals surface area contributed by atoms with E-state index >= 15 is 0 Å². The molecule has 8 heteroatoms. The van der Waals surface area contributed by atoms with E-state index in [-0.39, 0.29) is 18.0 Å². The van der Waals surface area contributed by atoms with Crippen molar-refractivity contribution in [2.45, 2.75) is 12.6 Å². The van der Waals surface area contributed by atoms with Crippen molar-refractivity contribution in [2.24, 2.45) is 0 Å². The zero-order valence-corrected chi connectivity index (χ0v) is 10.2. The lowest BCUT2D eigenvalue weighted by atomic mass is 10.1. The van der Waals surface area contributed by atoms with Gasteiger partial charge in [0.25, 0.3) is 5.91 Å². The van der Waals surface area contributed by atoms with Gasteiger partial charge in [-0.3, -0.25) is 9.59 Å². The third-order valence-corrected chi connectivity index (χ3v) is 2.39. The standard InChI is InChI=1S/C11H9ClF3NO3/c12-6-1-2-7(8(5-6)11(13,14)15)10(19)16-4-3-9(17)18/h1-2,5H,3-4H2,(H,16,19)(H,17,18). The number of amides is 1. The van der Waals surface area contributed by atoms with Gasteiger partial charge in [0.15, 0.2) is 0 Å². The molecule has 19 heavy (non-hydrogen) atoms. The highest BCUT2D eigenvalue weighted by Crippen LogP contribution is 2.33. The number of alkyl halides is 3. The molecule has 0 saturated heterocycles. The van der Waals surface area contributed by atoms with Gasteiger partial charge in [0.1, 0.15) is 0 Å². The molecule has 0 spiro atoms. The number of carbonyl (C=O) groups is 2. The van der Waals surface area contributed by atoms with Crippen molar-refractivity contribution in [1.29, 1.82) is 0 Å². The van der Waals surface area contributed by atoms with E-state index in [9.17, 15) is 22.8 Å². The van der Waals surface area contributed by atoms with Gasteiger partial charge in [0.2, 0.25) is 0 Å². The Morgan fingerprint density at radius 3 is 2.47 bits per heavy atom. The molecule has 0 unspecified atom stereocenters. The Balaban J connectivity index is 2.93. The van der Waals surface area contributed by atoms with Crippen molar-refractivity contribution in [3.8, 4) is 0 Å². The lowest BCUT2D eigenvalue weighted by Crippen LogP contribution is -2.28. The molecule has 0 atom stereocenters. The van der Waals surface area contributed by atoms with Gasteiger partial charge in [-0.05, 0) is 18.2 Å². The number of rotatable bonds is 4. The van der Waals surface area contributed by atoms with Gasteiger partial charge in [0, 0.05) is 11.6 Å². The Morgan fingerprint density at radius 1 is 1.32 bits per heavy atom. The van der Waals surface area contributed by atoms with Crippen molar-refractivity contribution in [3.05, 3.63) is 34.3 Å². The average Bonchev–Trinajstić information content (AvgIpc) is 2.27. The monoisotopic (exact) mass is 295 g/mol. The number of carboxylic acids is 1. The second-order valence-corrected chi connectivity index (χ2v) is 4.02. The van der Waals surface area contributed by atoms with Crippen LogP contribution in [0.15, 0.2) is 18.2 Å². The Morgan fingerprint density at radius 2 is 1.95 bits per heavy atom. The molecular weight excluding hydrogens is 287 g/mol. The zero-order chi connectivity index (χ0) is 14.6. The van der Waals surface area contributed by atoms with E-state index in [1.54, 1.807) is 0 Å². The largest absolute Gasteiger partial charge is 0.481 e. The number of halogens is 4. The number of hydrogen-bond donors (Lipinski definition) is 2. The zero-order valence-electron chi connectivity index (χ0n) is 9.42. The van der Waals surface area contributed by atoms with Crippen LogP contribution in [0.25, 0.3) is 0 Å². The minimum absolute atomic E-state index is 0.144. The van der Waals surface area contributed by atoms with Gasteiger partial charge in [0.05, 0.1) is 17.5 Å². The molecule has 0 saturated carbocycles. The molecule has 104 valence electrons. The molecule has 0 aliphatic rings. The summed E-state index contributed by atoms with van der Waals surface area (Å²) in [5.41, 5.74) is -1.75. The molecule has 0 heterocycles. The summed E-state index contributed by atoms with van der Waals surface area (Å²) in [6, 6.07) is 2.75. The van der Waals surface area contributed by atoms with Crippen LogP contribution in [0.3, 0.4) is 0 Å². The SMILES string of the molecule is O=C(O)CCNC(=O)c1ccc(Cl)cc1C(F)(F)F. The predicted molar refractivity (Wildman–Crippen MR) is 61.0 cm³/mol. The molecule has 4 nitrogen and oxygen atoms in total. The van der Waals surface area contributed by atoms with Crippen LogP contribution in [0.1, 0.15) is 22.3 Å². The molecule has 0 radical (unpaired) electrons. The third-order valence-electron chi connectivity index (χ3n) is 2.16. The Labute approximate surface area is 111 Å². The van der Waals surface area contributed by atoms with Gasteiger partial charge < -0.3 is 10.4 Å². The fourth-order valence-corrected chi connectivity index (χ4v) is 1.50. The average molecular weight is 296 g/mol. The van der Waals surface area contributed by atoms with Crippen LogP contribution in [-0.2, 0) is 11.0 Å². The fourth-order valence-electron chi connectivity index (χ4n) is 1.33. The van der Waals surface area contributed by atoms with Crippen LogP contribution in [0.4, 0.5) is 13.2 Å². The topological polar surface area (TPSA) is 66.4 Å². The van der Waals surface area contributed by atoms with E-state index in [1.165, 1.54) is 0 Å². The molecule has 2 N–H and O–H groups in total. The fraction of sp³-hybridized carbons (Fsp3) is 0.273. The summed E-state index contributed by atoms with van der Waals surface area (Å²) >= 11 is 5.46. The summed E-state index contributed by atoms with van der Waals surface area (Å²) in [7, 11) is 0. The highest BCUT2D eigenvalue weighted by Gasteiger charge is 2.35. The molecule has 0 fully saturated rings. The number of hydrogen-bond acceptors (Lipinski definition) is 2. The van der Waals surface area contributed by atoms with Crippen LogP contribution >= 0.6 is 11.6 Å². The van der Waals surface area contributed by atoms with Gasteiger partial charge in [-0.25, -0.2) is 0 Å². The summed E-state index contributed by atoms with van der Waals surface area (Å²) in [6.07, 6.45) is -5.09. The second kappa shape index (κ2) is 5.92. The van der Waals surface area contributed by atoms with Crippen molar-refractivity contribution in [2.75, 3.05) is 6.54 Å². The van der Waals surface area contributed by atoms with Crippen molar-refractivity contribution in [1.82, 2.24) is 5.32 Å². The van der Waals surface area contributed by atoms with Crippen LogP contribution in [0.2, 0.25) is 5.02 Å². The van der Waals surface area contributed by atoms with Gasteiger partial charge in [-0.2, -0.15) is 13.2 Å². The number of nitrogens with one attached hydrogen (secondary N) is 1. The first-order valence-corrected chi connectivity index (χ1v) is 5.46. The number of carboxylic acid groups (broad SMARTS) is 1. The van der Waals surface area contributed by atoms with E-state index in [4.69, 9.17) is 16.7 Å². The lowest BCUT2D eigenvalue weighted by Gasteiger charge is -2.12. The number of carbonyl (C=O) groups excluding carboxylic acids is 1. The first-order valence-electron chi connectivity index (χ1n) is 5.08. The van der Waals surface area contributed by atoms with Gasteiger partial charge in [-0.15, -0.1) is 0 Å². The highest BCUT2D eigenvalue weighted by atomic mass is 35.5. The summed E-state index contributed by atoms with van der Waals surface area (Å²) in [5.74, 6) is -2.15. The predicted octanol–water partition coefficient (Wildman–Crippen LogP) is 2.56. The minimum Gasteiger partial charge on any atom is -0.481 e. The maximum Gasteiger partial charge on any atom is 0.417 e. The van der Waals surface area contributed by atoms with Crippen LogP contribution in [-0.4, -0.2) is 23.5 Å². The molecule has 0 bridgehead atoms. The minimum atomic E-state index is -4.72. The van der Waals surface area contributed by atoms with Crippen LogP contribution in [0, 0.1) is 0 Å². The highest BCUT2D eigenvalue weighted by molar-refractivity contribution is 6.30. The van der Waals surface area contributed by atoms with Crippen LogP contribution < -0.4 is 5.32 Å². The maximum absolute atomic E-state index is 12.7. The molecule has 0 aromatic heterocycles. The summed E-state index contributed by atoms with van der Waals surface area (Å²) < 4.78 is 38.1. The van der Waals surface area contributed by atoms with E-state index in [0.717, 1.165) is 12.1 Å². The quantitative estimate of drug-likeness (QED) is 0.897. The summed E-state index contributed by atoms with van der Waals surface area (Å²) in [6.45, 7) is -0.256. The van der Waals surface area contributed by atoms with Gasteiger partial charge in [-0.1, -0.05) is 11.6 Å². The van der Waals surface area contributed by atoms with E-state index < -0.39 is 29.2 Å². The molecule has 1 aromatic rings. The maximum atomic E-state index is 12.7. The Kier molecular flexibility index (Phi) is 4.77. The molecular formula is C11H9ClF3NO3. The molecule has 0 aliphatic heterocycles. The smallest absolute Gasteiger partial charge is 0.417 e.